The molecule has 0 aromatic carbocycles. The molecule has 0 aliphatic carbocycles. The Hall–Kier alpha value is -4.19. The van der Waals surface area contributed by atoms with Crippen LogP contribution in [0.25, 0.3) is 0 Å². The molecule has 0 saturated carbocycles. The number of unbranched alkanes of at least 4 members (excludes halogenated alkanes) is 19. The molecule has 0 bridgehead atoms. The molecule has 1 unspecified atom stereocenters. The molecule has 0 aliphatic rings. The number of carbonyl (C=O) groups is 3. The van der Waals surface area contributed by atoms with Gasteiger partial charge >= 0.3 is 17.9 Å². The van der Waals surface area contributed by atoms with Gasteiger partial charge in [-0.2, -0.15) is 0 Å². The van der Waals surface area contributed by atoms with E-state index in [2.05, 4.69) is 142 Å². The van der Waals surface area contributed by atoms with Crippen LogP contribution >= 0.6 is 0 Å². The van der Waals surface area contributed by atoms with Gasteiger partial charge in [0.05, 0.1) is 0 Å². The molecule has 0 rings (SSSR count). The highest BCUT2D eigenvalue weighted by atomic mass is 16.6. The lowest BCUT2D eigenvalue weighted by atomic mass is 10.1. The molecule has 0 spiro atoms. The van der Waals surface area contributed by atoms with Gasteiger partial charge < -0.3 is 14.2 Å². The lowest BCUT2D eigenvalue weighted by molar-refractivity contribution is -0.167. The summed E-state index contributed by atoms with van der Waals surface area (Å²) in [5.41, 5.74) is 0. The average molecular weight is 970 g/mol. The highest BCUT2D eigenvalue weighted by Gasteiger charge is 2.19. The van der Waals surface area contributed by atoms with E-state index in [1.807, 2.05) is 0 Å². The Morgan fingerprint density at radius 1 is 0.300 bits per heavy atom. The Kier molecular flexibility index (Phi) is 54.0. The van der Waals surface area contributed by atoms with Crippen LogP contribution in [0.1, 0.15) is 245 Å². The topological polar surface area (TPSA) is 78.9 Å². The second-order valence-electron chi connectivity index (χ2n) is 18.5. The summed E-state index contributed by atoms with van der Waals surface area (Å²) in [6.45, 7) is 6.41. The predicted octanol–water partition coefficient (Wildman–Crippen LogP) is 19.3. The van der Waals surface area contributed by atoms with Gasteiger partial charge in [-0.05, 0) is 116 Å². The number of hydrogen-bond acceptors (Lipinski definition) is 6. The normalized spacial score (nSPS) is 13.0. The largest absolute Gasteiger partial charge is 0.462 e. The highest BCUT2D eigenvalue weighted by molar-refractivity contribution is 5.71. The maximum absolute atomic E-state index is 12.8. The van der Waals surface area contributed by atoms with Crippen LogP contribution in [0.2, 0.25) is 0 Å². The Morgan fingerprint density at radius 2 is 0.557 bits per heavy atom. The number of ether oxygens (including phenoxy) is 3. The summed E-state index contributed by atoms with van der Waals surface area (Å²) in [5.74, 6) is -0.951. The number of esters is 3. The van der Waals surface area contributed by atoms with Crippen molar-refractivity contribution in [3.63, 3.8) is 0 Å². The third kappa shape index (κ3) is 54.7. The molecule has 0 amide bonds. The molecule has 0 aliphatic heterocycles. The van der Waals surface area contributed by atoms with Crippen molar-refractivity contribution in [2.24, 2.45) is 0 Å². The quantitative estimate of drug-likeness (QED) is 0.0262. The van der Waals surface area contributed by atoms with Gasteiger partial charge in [-0.25, -0.2) is 0 Å². The van der Waals surface area contributed by atoms with Crippen LogP contribution in [0.5, 0.6) is 0 Å². The molecule has 0 aromatic heterocycles. The summed E-state index contributed by atoms with van der Waals surface area (Å²) >= 11 is 0. The molecule has 1 atom stereocenters. The Balaban J connectivity index is 4.23. The second kappa shape index (κ2) is 57.4. The van der Waals surface area contributed by atoms with E-state index in [1.165, 1.54) is 70.6 Å². The van der Waals surface area contributed by atoms with Crippen LogP contribution in [0.4, 0.5) is 0 Å². The summed E-state index contributed by atoms with van der Waals surface area (Å²) in [7, 11) is 0. The van der Waals surface area contributed by atoms with Crippen molar-refractivity contribution in [1.29, 1.82) is 0 Å². The van der Waals surface area contributed by atoms with E-state index in [9.17, 15) is 14.4 Å². The number of hydrogen-bond donors (Lipinski definition) is 0. The van der Waals surface area contributed by atoms with E-state index < -0.39 is 6.10 Å². The lowest BCUT2D eigenvalue weighted by Crippen LogP contribution is -2.30. The van der Waals surface area contributed by atoms with Gasteiger partial charge in [-0.1, -0.05) is 232 Å². The van der Waals surface area contributed by atoms with Gasteiger partial charge in [-0.15, -0.1) is 0 Å². The van der Waals surface area contributed by atoms with E-state index in [-0.39, 0.29) is 31.1 Å². The molecule has 0 saturated heterocycles. The predicted molar refractivity (Wildman–Crippen MR) is 302 cm³/mol. The average Bonchev–Trinajstić information content (AvgIpc) is 3.36. The van der Waals surface area contributed by atoms with E-state index in [4.69, 9.17) is 14.2 Å². The van der Waals surface area contributed by atoms with Crippen molar-refractivity contribution in [1.82, 2.24) is 0 Å². The van der Waals surface area contributed by atoms with Crippen LogP contribution in [0, 0.1) is 0 Å². The van der Waals surface area contributed by atoms with Gasteiger partial charge in [0, 0.05) is 19.3 Å². The van der Waals surface area contributed by atoms with E-state index >= 15 is 0 Å². The Labute approximate surface area is 431 Å². The Bertz CT molecular complexity index is 1490. The molecule has 396 valence electrons. The highest BCUT2D eigenvalue weighted by Crippen LogP contribution is 2.13. The first-order valence-corrected chi connectivity index (χ1v) is 28.5. The smallest absolute Gasteiger partial charge is 0.306 e. The number of carbonyl (C=O) groups excluding carboxylic acids is 3. The summed E-state index contributed by atoms with van der Waals surface area (Å²) in [6.07, 6.45) is 79.4. The van der Waals surface area contributed by atoms with Crippen molar-refractivity contribution in [2.45, 2.75) is 252 Å². The van der Waals surface area contributed by atoms with Crippen LogP contribution in [0.3, 0.4) is 0 Å². The third-order valence-corrected chi connectivity index (χ3v) is 11.7. The lowest BCUT2D eigenvalue weighted by Gasteiger charge is -2.18. The molecular formula is C64H104O6. The van der Waals surface area contributed by atoms with E-state index in [0.717, 1.165) is 135 Å². The molecule has 6 heteroatoms. The summed E-state index contributed by atoms with van der Waals surface area (Å²) < 4.78 is 16.7. The maximum atomic E-state index is 12.8. The molecule has 6 nitrogen and oxygen atoms in total. The van der Waals surface area contributed by atoms with Crippen LogP contribution in [-0.2, 0) is 28.6 Å². The number of allylic oxidation sites excluding steroid dienone is 20. The zero-order valence-corrected chi connectivity index (χ0v) is 45.2. The molecule has 0 radical (unpaired) electrons. The fourth-order valence-electron chi connectivity index (χ4n) is 7.43. The van der Waals surface area contributed by atoms with Crippen molar-refractivity contribution < 1.29 is 28.6 Å². The number of rotatable bonds is 50. The molecule has 70 heavy (non-hydrogen) atoms. The maximum Gasteiger partial charge on any atom is 0.306 e. The monoisotopic (exact) mass is 969 g/mol. The van der Waals surface area contributed by atoms with Crippen LogP contribution in [-0.4, -0.2) is 37.2 Å². The third-order valence-electron chi connectivity index (χ3n) is 11.7. The standard InChI is InChI=1S/C64H104O6/c1-4-7-10-13-16-18-20-22-24-25-26-27-28-29-30-31-32-33-34-35-36-37-38-39-41-42-44-46-48-51-54-57-63(66)69-60-61(59-68-62(65)56-53-50-15-12-9-6-3)70-64(67)58-55-52-49-47-45-43-40-23-21-19-17-14-11-8-5-2/h7,10,16,18,22-24,26-27,29-30,32-33,35-36,38-40,42,44,61H,4-6,8-9,11-15,17,19-21,25,28,31,34,37,41,43,45-60H2,1-3H3/b10-7-,18-16-,24-22-,27-26-,30-29-,33-32-,36-35-,39-38-,40-23-,44-42-. The minimum absolute atomic E-state index is 0.0939. The first-order valence-electron chi connectivity index (χ1n) is 28.5. The van der Waals surface area contributed by atoms with E-state index in [1.54, 1.807) is 0 Å². The summed E-state index contributed by atoms with van der Waals surface area (Å²) in [5, 5.41) is 0. The van der Waals surface area contributed by atoms with Gasteiger partial charge in [-0.3, -0.25) is 14.4 Å². The fraction of sp³-hybridized carbons (Fsp3) is 0.641. The van der Waals surface area contributed by atoms with E-state index in [0.29, 0.717) is 19.3 Å². The van der Waals surface area contributed by atoms with Crippen molar-refractivity contribution >= 4 is 17.9 Å². The van der Waals surface area contributed by atoms with Crippen molar-refractivity contribution in [3.8, 4) is 0 Å². The van der Waals surface area contributed by atoms with Gasteiger partial charge in [0.25, 0.3) is 0 Å². The van der Waals surface area contributed by atoms with Crippen molar-refractivity contribution in [2.75, 3.05) is 13.2 Å². The van der Waals surface area contributed by atoms with Gasteiger partial charge in [0.1, 0.15) is 13.2 Å². The molecule has 0 N–H and O–H groups in total. The van der Waals surface area contributed by atoms with Crippen LogP contribution in [0.15, 0.2) is 122 Å². The second-order valence-corrected chi connectivity index (χ2v) is 18.5. The summed E-state index contributed by atoms with van der Waals surface area (Å²) in [6, 6.07) is 0. The zero-order valence-electron chi connectivity index (χ0n) is 45.2. The minimum atomic E-state index is -0.795. The fourth-order valence-corrected chi connectivity index (χ4v) is 7.43. The minimum Gasteiger partial charge on any atom is -0.462 e. The first kappa shape index (κ1) is 65.8. The van der Waals surface area contributed by atoms with Gasteiger partial charge in [0.2, 0.25) is 0 Å². The molecular weight excluding hydrogens is 865 g/mol. The molecule has 0 fully saturated rings. The SMILES string of the molecule is CC/C=C\C/C=C\C/C=C\C/C=C\C/C=C\C/C=C\C/C=C\C/C=C\C/C=C\CCCCCC(=O)OCC(COC(=O)CCCCCCCC)OC(=O)CCCCCCC/C=C\CCCCCCCC. The zero-order chi connectivity index (χ0) is 50.7. The van der Waals surface area contributed by atoms with Crippen LogP contribution < -0.4 is 0 Å². The molecule has 0 aromatic rings. The van der Waals surface area contributed by atoms with Crippen molar-refractivity contribution in [3.05, 3.63) is 122 Å². The van der Waals surface area contributed by atoms with Gasteiger partial charge in [0.15, 0.2) is 6.10 Å². The summed E-state index contributed by atoms with van der Waals surface area (Å²) in [4.78, 5) is 37.8. The molecule has 0 heterocycles. The first-order chi connectivity index (χ1) is 34.5. The Morgan fingerprint density at radius 3 is 0.900 bits per heavy atom.